The summed E-state index contributed by atoms with van der Waals surface area (Å²) in [5, 5.41) is 4.31. The van der Waals surface area contributed by atoms with Crippen LogP contribution in [-0.4, -0.2) is 8.07 Å². The van der Waals surface area contributed by atoms with Gasteiger partial charge < -0.3 is 13.7 Å². The van der Waals surface area contributed by atoms with E-state index in [0.29, 0.717) is 27.5 Å². The lowest BCUT2D eigenvalue weighted by atomic mass is 10.1. The molecule has 0 aliphatic rings. The molecule has 190 valence electrons. The summed E-state index contributed by atoms with van der Waals surface area (Å²) in [5.74, 6) is 0. The van der Waals surface area contributed by atoms with Crippen LogP contribution < -0.4 is 15.5 Å². The third-order valence-corrected chi connectivity index (χ3v) is 9.44. The number of anilines is 3. The topological polar surface area (TPSA) is 46.6 Å². The second-order valence-corrected chi connectivity index (χ2v) is 16.1. The van der Waals surface area contributed by atoms with Crippen LogP contribution in [0, 0.1) is 0 Å². The number of nitrogens with zero attached hydrogens (tertiary/aromatic N) is 1. The Hall–Kier alpha value is -4.61. The highest BCUT2D eigenvalue weighted by Gasteiger charge is 2.20. The Kier molecular flexibility index (Phi) is 5.25. The van der Waals surface area contributed by atoms with E-state index in [1.165, 1.54) is 5.19 Å². The average molecular weight is 526 g/mol. The molecule has 7 aromatic rings. The number of furan rings is 1. The molecule has 0 fully saturated rings. The van der Waals surface area contributed by atoms with Crippen LogP contribution in [0.2, 0.25) is 19.6 Å². The van der Waals surface area contributed by atoms with E-state index in [9.17, 15) is 4.79 Å². The lowest BCUT2D eigenvalue weighted by Crippen LogP contribution is -2.37. The zero-order valence-corrected chi connectivity index (χ0v) is 23.1. The first-order chi connectivity index (χ1) is 18.9. The molecule has 0 aliphatic carbocycles. The van der Waals surface area contributed by atoms with Crippen LogP contribution in [0.5, 0.6) is 0 Å². The maximum atomic E-state index is 13.5. The lowest BCUT2D eigenvalue weighted by Gasteiger charge is -2.25. The SMILES string of the molecule is C[Si](C)(C)c1ccc2c(=O)c3cc4c(cc3oc2c1)oc1cc(N(c2ccccc2)c2ccccc2)ccc14. The highest BCUT2D eigenvalue weighted by molar-refractivity contribution is 6.88. The van der Waals surface area contributed by atoms with Crippen molar-refractivity contribution in [2.75, 3.05) is 4.90 Å². The summed E-state index contributed by atoms with van der Waals surface area (Å²) in [6, 6.07) is 36.6. The second kappa shape index (κ2) is 8.72. The highest BCUT2D eigenvalue weighted by atomic mass is 28.3. The van der Waals surface area contributed by atoms with Gasteiger partial charge in [-0.3, -0.25) is 4.79 Å². The van der Waals surface area contributed by atoms with Crippen molar-refractivity contribution in [2.45, 2.75) is 19.6 Å². The van der Waals surface area contributed by atoms with Crippen molar-refractivity contribution in [3.63, 3.8) is 0 Å². The van der Waals surface area contributed by atoms with Crippen molar-refractivity contribution < 1.29 is 8.83 Å². The maximum absolute atomic E-state index is 13.5. The van der Waals surface area contributed by atoms with E-state index in [-0.39, 0.29) is 5.43 Å². The zero-order chi connectivity index (χ0) is 26.7. The monoisotopic (exact) mass is 525 g/mol. The molecule has 0 amide bonds. The molecule has 5 heteroatoms. The van der Waals surface area contributed by atoms with Crippen LogP contribution in [0.25, 0.3) is 43.9 Å². The van der Waals surface area contributed by atoms with E-state index in [1.54, 1.807) is 0 Å². The van der Waals surface area contributed by atoms with Crippen molar-refractivity contribution in [3.05, 3.63) is 119 Å². The molecule has 0 atom stereocenters. The number of para-hydroxylation sites is 2. The minimum Gasteiger partial charge on any atom is -0.456 e. The number of hydrogen-bond acceptors (Lipinski definition) is 4. The van der Waals surface area contributed by atoms with Gasteiger partial charge in [-0.2, -0.15) is 0 Å². The normalized spacial score (nSPS) is 12.1. The molecule has 0 radical (unpaired) electrons. The first-order valence-electron chi connectivity index (χ1n) is 13.1. The van der Waals surface area contributed by atoms with E-state index >= 15 is 0 Å². The largest absolute Gasteiger partial charge is 0.456 e. The molecule has 0 bridgehead atoms. The molecule has 4 nitrogen and oxygen atoms in total. The van der Waals surface area contributed by atoms with Gasteiger partial charge in [-0.25, -0.2) is 0 Å². The van der Waals surface area contributed by atoms with Crippen molar-refractivity contribution in [1.82, 2.24) is 0 Å². The fraction of sp³-hybridized carbons (Fsp3) is 0.0882. The molecule has 5 aromatic carbocycles. The molecule has 0 aliphatic heterocycles. The Morgan fingerprint density at radius 3 is 1.72 bits per heavy atom. The van der Waals surface area contributed by atoms with Crippen LogP contribution in [0.4, 0.5) is 17.1 Å². The van der Waals surface area contributed by atoms with Gasteiger partial charge in [-0.1, -0.05) is 67.3 Å². The molecule has 7 rings (SSSR count). The fourth-order valence-corrected chi connectivity index (χ4v) is 6.47. The van der Waals surface area contributed by atoms with Crippen molar-refractivity contribution in [1.29, 1.82) is 0 Å². The summed E-state index contributed by atoms with van der Waals surface area (Å²) in [4.78, 5) is 15.7. The minimum absolute atomic E-state index is 0.0134. The van der Waals surface area contributed by atoms with Crippen molar-refractivity contribution in [2.24, 2.45) is 0 Å². The van der Waals surface area contributed by atoms with Crippen molar-refractivity contribution >= 4 is 74.2 Å². The van der Waals surface area contributed by atoms with E-state index < -0.39 is 8.07 Å². The Bertz CT molecular complexity index is 2030. The summed E-state index contributed by atoms with van der Waals surface area (Å²) in [7, 11) is -1.55. The highest BCUT2D eigenvalue weighted by Crippen LogP contribution is 2.39. The van der Waals surface area contributed by atoms with Gasteiger partial charge in [0, 0.05) is 40.0 Å². The van der Waals surface area contributed by atoms with E-state index in [4.69, 9.17) is 8.83 Å². The third kappa shape index (κ3) is 3.94. The summed E-state index contributed by atoms with van der Waals surface area (Å²) in [5.41, 5.74) is 5.72. The molecule has 0 unspecified atom stereocenters. The first kappa shape index (κ1) is 23.5. The maximum Gasteiger partial charge on any atom is 0.200 e. The minimum atomic E-state index is -1.55. The molecular formula is C34H27NO3Si. The van der Waals surface area contributed by atoms with E-state index in [1.807, 2.05) is 60.7 Å². The summed E-state index contributed by atoms with van der Waals surface area (Å²) < 4.78 is 12.7. The van der Waals surface area contributed by atoms with Gasteiger partial charge in [0.2, 0.25) is 5.43 Å². The van der Waals surface area contributed by atoms with Gasteiger partial charge in [-0.15, -0.1) is 0 Å². The Labute approximate surface area is 226 Å². The molecule has 2 aromatic heterocycles. The number of benzene rings is 5. The zero-order valence-electron chi connectivity index (χ0n) is 22.1. The van der Waals surface area contributed by atoms with Gasteiger partial charge in [0.05, 0.1) is 18.8 Å². The van der Waals surface area contributed by atoms with E-state index in [0.717, 1.165) is 33.4 Å². The van der Waals surface area contributed by atoms with Crippen molar-refractivity contribution in [3.8, 4) is 0 Å². The predicted octanol–water partition coefficient (Wildman–Crippen LogP) is 8.86. The fourth-order valence-electron chi connectivity index (χ4n) is 5.32. The average Bonchev–Trinajstić information content (AvgIpc) is 3.29. The van der Waals surface area contributed by atoms with Crippen LogP contribution >= 0.6 is 0 Å². The summed E-state index contributed by atoms with van der Waals surface area (Å²) in [6.07, 6.45) is 0. The van der Waals surface area contributed by atoms with Crippen LogP contribution in [0.3, 0.4) is 0 Å². The van der Waals surface area contributed by atoms with Gasteiger partial charge in [0.25, 0.3) is 0 Å². The molecule has 0 spiro atoms. The quantitative estimate of drug-likeness (QED) is 0.170. The number of hydrogen-bond donors (Lipinski definition) is 0. The third-order valence-electron chi connectivity index (χ3n) is 7.40. The lowest BCUT2D eigenvalue weighted by molar-refractivity contribution is 0.651. The smallest absolute Gasteiger partial charge is 0.200 e. The molecular weight excluding hydrogens is 498 g/mol. The predicted molar refractivity (Wildman–Crippen MR) is 165 cm³/mol. The van der Waals surface area contributed by atoms with Gasteiger partial charge in [-0.05, 0) is 54.6 Å². The first-order valence-corrected chi connectivity index (χ1v) is 16.6. The standard InChI is InChI=1S/C34H27NO3Si/c1-39(2,3)25-15-17-27-31(19-25)38-33-21-32-28(20-29(33)34(27)36)26-16-14-24(18-30(26)37-32)35(22-10-6-4-7-11-22)23-12-8-5-9-13-23/h4-21H,1-3H3. The number of fused-ring (bicyclic) bond motifs is 5. The summed E-state index contributed by atoms with van der Waals surface area (Å²) in [6.45, 7) is 6.86. The summed E-state index contributed by atoms with van der Waals surface area (Å²) >= 11 is 0. The second-order valence-electron chi connectivity index (χ2n) is 11.0. The van der Waals surface area contributed by atoms with Crippen LogP contribution in [-0.2, 0) is 0 Å². The molecule has 39 heavy (non-hydrogen) atoms. The Balaban J connectivity index is 1.42. The van der Waals surface area contributed by atoms with Gasteiger partial charge in [0.1, 0.15) is 22.3 Å². The van der Waals surface area contributed by atoms with Crippen LogP contribution in [0.15, 0.2) is 123 Å². The molecule has 2 heterocycles. The number of rotatable bonds is 4. The van der Waals surface area contributed by atoms with Gasteiger partial charge in [0.15, 0.2) is 0 Å². The van der Waals surface area contributed by atoms with E-state index in [2.05, 4.69) is 73.1 Å². The Morgan fingerprint density at radius 1 is 0.513 bits per heavy atom. The van der Waals surface area contributed by atoms with Crippen LogP contribution in [0.1, 0.15) is 0 Å². The Morgan fingerprint density at radius 2 is 1.08 bits per heavy atom. The molecule has 0 saturated carbocycles. The molecule has 0 saturated heterocycles. The molecule has 0 N–H and O–H groups in total. The van der Waals surface area contributed by atoms with Gasteiger partial charge >= 0.3 is 0 Å².